The summed E-state index contributed by atoms with van der Waals surface area (Å²) < 4.78 is 6.77. The maximum atomic E-state index is 12.3. The summed E-state index contributed by atoms with van der Waals surface area (Å²) in [6, 6.07) is 13.9. The van der Waals surface area contributed by atoms with Crippen LogP contribution in [0.5, 0.6) is 0 Å². The summed E-state index contributed by atoms with van der Waals surface area (Å²) in [5.74, 6) is 0. The summed E-state index contributed by atoms with van der Waals surface area (Å²) in [7, 11) is 0. The van der Waals surface area contributed by atoms with Crippen LogP contribution in [0, 0.1) is 0 Å². The number of benzene rings is 2. The molecule has 8 nitrogen and oxygen atoms in total. The molecule has 0 spiro atoms. The van der Waals surface area contributed by atoms with Crippen molar-refractivity contribution in [3.63, 3.8) is 0 Å². The minimum atomic E-state index is -0.550. The van der Waals surface area contributed by atoms with Crippen molar-refractivity contribution in [2.45, 2.75) is 0 Å². The zero-order chi connectivity index (χ0) is 15.8. The van der Waals surface area contributed by atoms with E-state index in [1.165, 1.54) is 10.7 Å². The van der Waals surface area contributed by atoms with Gasteiger partial charge in [-0.25, -0.2) is 9.48 Å². The van der Waals surface area contributed by atoms with Crippen LogP contribution in [0.15, 0.2) is 62.9 Å². The van der Waals surface area contributed by atoms with E-state index in [1.807, 2.05) is 24.3 Å². The number of nitrogens with zero attached hydrogens (tertiary/aromatic N) is 6. The van der Waals surface area contributed by atoms with Crippen molar-refractivity contribution in [1.29, 1.82) is 0 Å². The normalized spacial score (nSPS) is 10.8. The molecule has 0 aliphatic heterocycles. The first-order valence-electron chi connectivity index (χ1n) is 6.70. The van der Waals surface area contributed by atoms with Crippen LogP contribution in [0.1, 0.15) is 0 Å². The van der Waals surface area contributed by atoms with E-state index in [9.17, 15) is 4.79 Å². The molecule has 2 heterocycles. The monoisotopic (exact) mass is 304 g/mol. The highest BCUT2D eigenvalue weighted by Gasteiger charge is 2.12. The summed E-state index contributed by atoms with van der Waals surface area (Å²) in [5.41, 5.74) is 10.3. The molecule has 0 aliphatic carbocycles. The van der Waals surface area contributed by atoms with Crippen molar-refractivity contribution in [3.8, 4) is 5.69 Å². The van der Waals surface area contributed by atoms with Crippen molar-refractivity contribution >= 4 is 27.7 Å². The van der Waals surface area contributed by atoms with Crippen LogP contribution >= 0.6 is 0 Å². The van der Waals surface area contributed by atoms with E-state index in [2.05, 4.69) is 20.3 Å². The Kier molecular flexibility index (Phi) is 2.82. The van der Waals surface area contributed by atoms with E-state index < -0.39 is 5.63 Å². The molecular weight excluding hydrogens is 296 g/mol. The van der Waals surface area contributed by atoms with Crippen LogP contribution in [0.2, 0.25) is 0 Å². The Morgan fingerprint density at radius 2 is 2.04 bits per heavy atom. The first-order valence-corrected chi connectivity index (χ1v) is 6.70. The molecule has 110 valence electrons. The van der Waals surface area contributed by atoms with Crippen LogP contribution in [-0.2, 0) is 0 Å². The molecule has 23 heavy (non-hydrogen) atoms. The molecule has 0 bridgehead atoms. The lowest BCUT2D eigenvalue weighted by Gasteiger charge is -2.03. The first-order chi connectivity index (χ1) is 11.3. The third-order valence-corrected chi connectivity index (χ3v) is 3.44. The van der Waals surface area contributed by atoms with E-state index in [1.54, 1.807) is 18.2 Å². The highest BCUT2D eigenvalue weighted by Crippen LogP contribution is 2.23. The van der Waals surface area contributed by atoms with Gasteiger partial charge in [0.25, 0.3) is 0 Å². The van der Waals surface area contributed by atoms with Gasteiger partial charge in [0.05, 0.1) is 5.52 Å². The van der Waals surface area contributed by atoms with Crippen molar-refractivity contribution in [2.75, 3.05) is 0 Å². The van der Waals surface area contributed by atoms with Gasteiger partial charge >= 0.3 is 5.63 Å². The largest absolute Gasteiger partial charge is 0.421 e. The number of hydrogen-bond acceptors (Lipinski definition) is 5. The molecule has 0 saturated carbocycles. The van der Waals surface area contributed by atoms with Gasteiger partial charge in [-0.05, 0) is 29.8 Å². The SMILES string of the molecule is [N-]=[N+]=Nc1ccc2cc(-n3nnc4ccccc43)c(=O)oc2c1. The van der Waals surface area contributed by atoms with E-state index in [0.717, 1.165) is 0 Å². The highest BCUT2D eigenvalue weighted by molar-refractivity contribution is 5.82. The molecule has 0 aliphatic rings. The lowest BCUT2D eigenvalue weighted by molar-refractivity contribution is 0.552. The quantitative estimate of drug-likeness (QED) is 0.244. The van der Waals surface area contributed by atoms with Gasteiger partial charge < -0.3 is 4.42 Å². The van der Waals surface area contributed by atoms with Crippen molar-refractivity contribution in [1.82, 2.24) is 15.0 Å². The number of aromatic nitrogens is 3. The molecule has 0 atom stereocenters. The van der Waals surface area contributed by atoms with Gasteiger partial charge in [-0.15, -0.1) is 5.10 Å². The molecule has 4 rings (SSSR count). The molecule has 0 saturated heterocycles. The van der Waals surface area contributed by atoms with Crippen LogP contribution in [-0.4, -0.2) is 15.0 Å². The van der Waals surface area contributed by atoms with E-state index in [0.29, 0.717) is 27.7 Å². The first kappa shape index (κ1) is 13.1. The number of para-hydroxylation sites is 1. The van der Waals surface area contributed by atoms with E-state index in [-0.39, 0.29) is 5.69 Å². The fourth-order valence-corrected chi connectivity index (χ4v) is 2.40. The minimum absolute atomic E-state index is 0.266. The number of hydrogen-bond donors (Lipinski definition) is 0. The molecular formula is C15H8N6O2. The third-order valence-electron chi connectivity index (χ3n) is 3.44. The van der Waals surface area contributed by atoms with Crippen molar-refractivity contribution in [2.24, 2.45) is 5.11 Å². The number of azide groups is 1. The standard InChI is InChI=1S/C15H8N6O2/c16-19-17-10-6-5-9-7-13(15(22)23-14(9)8-10)21-12-4-2-1-3-11(12)18-20-21/h1-8H. The maximum Gasteiger partial charge on any atom is 0.362 e. The van der Waals surface area contributed by atoms with Crippen LogP contribution in [0.25, 0.3) is 38.1 Å². The fourth-order valence-electron chi connectivity index (χ4n) is 2.40. The second-order valence-electron chi connectivity index (χ2n) is 4.82. The van der Waals surface area contributed by atoms with Crippen LogP contribution in [0.4, 0.5) is 5.69 Å². The van der Waals surface area contributed by atoms with Gasteiger partial charge in [0.1, 0.15) is 11.1 Å². The molecule has 4 aromatic rings. The molecule has 8 heteroatoms. The van der Waals surface area contributed by atoms with Crippen molar-refractivity contribution in [3.05, 3.63) is 69.4 Å². The molecule has 0 fully saturated rings. The van der Waals surface area contributed by atoms with Gasteiger partial charge in [-0.3, -0.25) is 0 Å². The lowest BCUT2D eigenvalue weighted by Crippen LogP contribution is -2.11. The Morgan fingerprint density at radius 1 is 1.17 bits per heavy atom. The third kappa shape index (κ3) is 2.10. The summed E-state index contributed by atoms with van der Waals surface area (Å²) in [6.07, 6.45) is 0. The zero-order valence-electron chi connectivity index (χ0n) is 11.6. The van der Waals surface area contributed by atoms with Gasteiger partial charge in [0.2, 0.25) is 0 Å². The summed E-state index contributed by atoms with van der Waals surface area (Å²) in [5, 5.41) is 12.2. The smallest absolute Gasteiger partial charge is 0.362 e. The Labute approximate surface area is 128 Å². The Morgan fingerprint density at radius 3 is 2.91 bits per heavy atom. The second kappa shape index (κ2) is 4.97. The predicted octanol–water partition coefficient (Wildman–Crippen LogP) is 3.47. The molecule has 0 amide bonds. The Bertz CT molecular complexity index is 1150. The minimum Gasteiger partial charge on any atom is -0.421 e. The van der Waals surface area contributed by atoms with Gasteiger partial charge in [0, 0.05) is 16.0 Å². The van der Waals surface area contributed by atoms with Crippen LogP contribution in [0.3, 0.4) is 0 Å². The highest BCUT2D eigenvalue weighted by atomic mass is 16.4. The van der Waals surface area contributed by atoms with Gasteiger partial charge in [-0.2, -0.15) is 0 Å². The summed E-state index contributed by atoms with van der Waals surface area (Å²) in [4.78, 5) is 15.0. The maximum absolute atomic E-state index is 12.3. The van der Waals surface area contributed by atoms with Crippen molar-refractivity contribution < 1.29 is 4.42 Å². The summed E-state index contributed by atoms with van der Waals surface area (Å²) in [6.45, 7) is 0. The van der Waals surface area contributed by atoms with E-state index in [4.69, 9.17) is 9.95 Å². The average molecular weight is 304 g/mol. The molecule has 0 radical (unpaired) electrons. The number of fused-ring (bicyclic) bond motifs is 2. The van der Waals surface area contributed by atoms with Gasteiger partial charge in [-0.1, -0.05) is 34.6 Å². The average Bonchev–Trinajstić information content (AvgIpc) is 2.98. The fraction of sp³-hybridized carbons (Fsp3) is 0. The second-order valence-corrected chi connectivity index (χ2v) is 4.82. The Hall–Kier alpha value is -3.64. The molecule has 0 N–H and O–H groups in total. The summed E-state index contributed by atoms with van der Waals surface area (Å²) >= 11 is 0. The topological polar surface area (TPSA) is 110 Å². The molecule has 2 aromatic carbocycles. The Balaban J connectivity index is 1.97. The predicted molar refractivity (Wildman–Crippen MR) is 83.7 cm³/mol. The number of rotatable bonds is 2. The van der Waals surface area contributed by atoms with Crippen LogP contribution < -0.4 is 5.63 Å². The zero-order valence-corrected chi connectivity index (χ0v) is 11.6. The van der Waals surface area contributed by atoms with Gasteiger partial charge in [0.15, 0.2) is 5.69 Å². The molecule has 2 aromatic heterocycles. The van der Waals surface area contributed by atoms with E-state index >= 15 is 0 Å². The lowest BCUT2D eigenvalue weighted by atomic mass is 10.2. The molecule has 0 unspecified atom stereocenters.